The maximum absolute atomic E-state index is 15.9. The van der Waals surface area contributed by atoms with E-state index in [0.717, 1.165) is 40.9 Å². The zero-order valence-electron chi connectivity index (χ0n) is 75.0. The van der Waals surface area contributed by atoms with Crippen molar-refractivity contribution < 1.29 is 27.6 Å². The lowest BCUT2D eigenvalue weighted by molar-refractivity contribution is -0.129. The lowest BCUT2D eigenvalue weighted by Gasteiger charge is -2.45. The maximum atomic E-state index is 15.9. The normalized spacial score (nSPS) is 20.0. The van der Waals surface area contributed by atoms with Crippen LogP contribution in [0.5, 0.6) is 0 Å². The number of amides is 3. The first kappa shape index (κ1) is 91.2. The van der Waals surface area contributed by atoms with Crippen molar-refractivity contribution in [2.45, 2.75) is 221 Å². The predicted octanol–water partition coefficient (Wildman–Crippen LogP) is 17.0. The van der Waals surface area contributed by atoms with Gasteiger partial charge in [0.15, 0.2) is 16.9 Å². The van der Waals surface area contributed by atoms with E-state index in [9.17, 15) is 33.2 Å². The van der Waals surface area contributed by atoms with Crippen LogP contribution >= 0.6 is 23.2 Å². The van der Waals surface area contributed by atoms with Gasteiger partial charge in [-0.2, -0.15) is 15.0 Å². The van der Waals surface area contributed by atoms with Gasteiger partial charge >= 0.3 is 17.1 Å². The van der Waals surface area contributed by atoms with Crippen LogP contribution in [-0.2, 0) is 19.8 Å². The molecule has 0 bridgehead atoms. The van der Waals surface area contributed by atoms with Crippen LogP contribution in [0.3, 0.4) is 0 Å². The number of piperazine rings is 3. The van der Waals surface area contributed by atoms with E-state index in [-0.39, 0.29) is 145 Å². The van der Waals surface area contributed by atoms with Crippen LogP contribution in [0.2, 0.25) is 10.0 Å². The molecule has 26 nitrogen and oxygen atoms in total. The number of aryl methyl sites for hydroxylation is 1. The second kappa shape index (κ2) is 36.8. The minimum atomic E-state index is -0.760. The van der Waals surface area contributed by atoms with Crippen molar-refractivity contribution in [2.24, 2.45) is 5.92 Å². The number of halogens is 5. The lowest BCUT2D eigenvalue weighted by atomic mass is 9.85. The van der Waals surface area contributed by atoms with Gasteiger partial charge in [0, 0.05) is 98.3 Å². The fourth-order valence-electron chi connectivity index (χ4n) is 18.9. The monoisotopic (exact) mass is 1760 g/mol. The molecule has 9 aromatic heterocycles. The minimum absolute atomic E-state index is 0.00280. The molecule has 8 atom stereocenters. The summed E-state index contributed by atoms with van der Waals surface area (Å²) in [4.78, 5) is 143. The van der Waals surface area contributed by atoms with Gasteiger partial charge in [0.2, 0.25) is 17.7 Å². The average molecular weight is 1770 g/mol. The highest BCUT2D eigenvalue weighted by atomic mass is 35.5. The van der Waals surface area contributed by atoms with Crippen LogP contribution in [0.15, 0.2) is 144 Å². The third kappa shape index (κ3) is 17.1. The SMILES string of the molecule is C=CC(=O)N1CC(C)N(c2nc(=O)n(-c3c(C(C)C)ncnc3C(C)C)c3nc(-c4ccccc4F)c(F)cc23)CC1C.C=CC(=O)N1CC(C)N(c2nc(=O)n(-c3c(C)ccnc3C(C)C)c3nc(C45CCCCC4C5)c(Cl)cc23)CC1C.C=CC(=O)N1C[C@@H](C)N(c2nc(=O)n(-c3c(C(C)C)ncnc3C(C)C)c3nc(-c4ccccc4F)c(Cl)cc23)[C@@H](C)C1. The Morgan fingerprint density at radius 1 is 0.457 bits per heavy atom. The van der Waals surface area contributed by atoms with Gasteiger partial charge in [0.05, 0.1) is 83.1 Å². The van der Waals surface area contributed by atoms with E-state index < -0.39 is 28.8 Å². The second-order valence-electron chi connectivity index (χ2n) is 35.8. The molecule has 3 saturated heterocycles. The second-order valence-corrected chi connectivity index (χ2v) is 36.6. The summed E-state index contributed by atoms with van der Waals surface area (Å²) in [5, 5.41) is 2.38. The largest absolute Gasteiger partial charge is 0.355 e. The Balaban J connectivity index is 0.000000154. The number of nitrogens with zero attached hydrogens (tertiary/aromatic N) is 20. The number of rotatable bonds is 17. The highest BCUT2D eigenvalue weighted by Crippen LogP contribution is 2.63. The Labute approximate surface area is 746 Å². The Morgan fingerprint density at radius 2 is 0.866 bits per heavy atom. The van der Waals surface area contributed by atoms with Crippen LogP contribution in [0.25, 0.3) is 72.7 Å². The number of carbonyl (C=O) groups is 3. The molecule has 2 aromatic carbocycles. The smallest absolute Gasteiger partial charge is 0.349 e. The van der Waals surface area contributed by atoms with Crippen molar-refractivity contribution >= 4 is 91.5 Å². The molecule has 0 N–H and O–H groups in total. The van der Waals surface area contributed by atoms with E-state index >= 15 is 8.78 Å². The first-order valence-electron chi connectivity index (χ1n) is 43.6. The Morgan fingerprint density at radius 3 is 1.32 bits per heavy atom. The fourth-order valence-corrected chi connectivity index (χ4v) is 19.5. The first-order chi connectivity index (χ1) is 60.4. The molecule has 664 valence electrons. The molecule has 5 fully saturated rings. The quantitative estimate of drug-likeness (QED) is 0.0766. The van der Waals surface area contributed by atoms with Crippen LogP contribution in [0.4, 0.5) is 30.6 Å². The summed E-state index contributed by atoms with van der Waals surface area (Å²) in [6.45, 7) is 47.2. The molecule has 127 heavy (non-hydrogen) atoms. The summed E-state index contributed by atoms with van der Waals surface area (Å²) >= 11 is 13.9. The molecule has 6 unspecified atom stereocenters. The van der Waals surface area contributed by atoms with E-state index in [4.69, 9.17) is 38.2 Å². The highest BCUT2D eigenvalue weighted by molar-refractivity contribution is 6.34. The molecule has 2 aliphatic carbocycles. The third-order valence-electron chi connectivity index (χ3n) is 25.2. The van der Waals surface area contributed by atoms with Gasteiger partial charge in [-0.25, -0.2) is 76.1 Å². The average Bonchev–Trinajstić information content (AvgIpc) is 1.59. The van der Waals surface area contributed by atoms with Gasteiger partial charge in [0.1, 0.15) is 53.3 Å². The van der Waals surface area contributed by atoms with E-state index in [2.05, 4.69) is 85.3 Å². The standard InChI is InChI=1S/C32H35ClFN7O2.C32H39ClN6O2.C32H35F2N7O2/c1-8-25(42)39-14-19(6)40(20(7)15-39)31-22-13-23(33)28(21-11-9-10-12-24(21)34)37-30(22)41(32(43)38-31)29-26(17(2)3)35-16-36-27(29)18(4)5;1-7-25(40)37-16-21(6)38(17-20(37)5)29-23-14-24(33)28(32-12-9-8-10-22(32)15-32)35-30(23)39(31(41)36-29)27-19(4)11-13-34-26(27)18(2)3;1-8-25(42)39-14-20(7)40(15-19(39)6)30-22-13-24(34)28(21-11-9-10-12-23(21)33)37-31(22)41(32(43)38-30)29-26(17(2)3)35-16-36-27(29)18(4)5/h8-13,16-20H,1,14-15H2,2-7H3;7,11,13-14,18,20-22H,1,8-10,12,15-17H2,2-6H3;8-13,16-20H,1,14-15H2,2-7H3/t19-,20+;;. The number of fused-ring (bicyclic) bond motifs is 4. The number of pyridine rings is 4. The number of carbonyl (C=O) groups excluding carboxylic acids is 3. The van der Waals surface area contributed by atoms with Crippen LogP contribution in [-0.4, -0.2) is 176 Å². The zero-order chi connectivity index (χ0) is 91.5. The molecule has 11 aromatic rings. The molecule has 5 aliphatic rings. The van der Waals surface area contributed by atoms with Crippen molar-refractivity contribution in [2.75, 3.05) is 54.0 Å². The Kier molecular flexibility index (Phi) is 26.4. The van der Waals surface area contributed by atoms with E-state index in [1.54, 1.807) is 50.9 Å². The fraction of sp³-hybridized carbons (Fsp3) is 0.427. The van der Waals surface area contributed by atoms with Crippen molar-refractivity contribution in [3.8, 4) is 39.6 Å². The molecule has 3 aliphatic heterocycles. The summed E-state index contributed by atoms with van der Waals surface area (Å²) in [6.07, 6.45) is 14.5. The molecule has 3 amide bonds. The number of benzene rings is 2. The van der Waals surface area contributed by atoms with Crippen molar-refractivity contribution in [3.05, 3.63) is 228 Å². The molecule has 2 saturated carbocycles. The maximum Gasteiger partial charge on any atom is 0.355 e. The Bertz CT molecular complexity index is 6330. The van der Waals surface area contributed by atoms with Crippen LogP contribution < -0.4 is 31.8 Å². The molecule has 0 spiro atoms. The zero-order valence-corrected chi connectivity index (χ0v) is 76.5. The van der Waals surface area contributed by atoms with Crippen molar-refractivity contribution in [3.63, 3.8) is 0 Å². The number of anilines is 3. The molecule has 16 rings (SSSR count). The number of aromatic nitrogens is 14. The predicted molar refractivity (Wildman–Crippen MR) is 493 cm³/mol. The molecular weight excluding hydrogens is 1660 g/mol. The molecule has 31 heteroatoms. The van der Waals surface area contributed by atoms with Crippen LogP contribution in [0, 0.1) is 30.3 Å². The van der Waals surface area contributed by atoms with Crippen molar-refractivity contribution in [1.29, 1.82) is 0 Å². The first-order valence-corrected chi connectivity index (χ1v) is 44.4. The summed E-state index contributed by atoms with van der Waals surface area (Å²) < 4.78 is 50.4. The summed E-state index contributed by atoms with van der Waals surface area (Å²) in [5.74, 6) is -0.734. The van der Waals surface area contributed by atoms with E-state index in [1.165, 1.54) is 89.6 Å². The highest BCUT2D eigenvalue weighted by Gasteiger charge is 2.58. The van der Waals surface area contributed by atoms with Gasteiger partial charge in [-0.1, -0.05) is 149 Å². The summed E-state index contributed by atoms with van der Waals surface area (Å²) in [5.41, 5.74) is 6.42. The van der Waals surface area contributed by atoms with Gasteiger partial charge in [-0.3, -0.25) is 19.4 Å². The van der Waals surface area contributed by atoms with Gasteiger partial charge in [0.25, 0.3) is 0 Å². The topological polar surface area (TPSA) is 278 Å². The van der Waals surface area contributed by atoms with Gasteiger partial charge in [-0.15, -0.1) is 0 Å². The molecule has 0 radical (unpaired) electrons. The van der Waals surface area contributed by atoms with Gasteiger partial charge in [-0.05, 0) is 176 Å². The summed E-state index contributed by atoms with van der Waals surface area (Å²) in [6, 6.07) is 17.9. The lowest BCUT2D eigenvalue weighted by Crippen LogP contribution is -2.58. The number of hydrogen-bond donors (Lipinski definition) is 0. The number of hydrogen-bond acceptors (Lipinski definition) is 20. The van der Waals surface area contributed by atoms with Gasteiger partial charge < -0.3 is 29.4 Å². The molecule has 12 heterocycles. The van der Waals surface area contributed by atoms with Crippen molar-refractivity contribution in [1.82, 2.24) is 83.2 Å². The third-order valence-corrected chi connectivity index (χ3v) is 25.8. The molecular formula is C96H109Cl2F3N20O6. The van der Waals surface area contributed by atoms with Crippen LogP contribution in [0.1, 0.15) is 212 Å². The Hall–Kier alpha value is -12.0. The minimum Gasteiger partial charge on any atom is -0.349 e. The summed E-state index contributed by atoms with van der Waals surface area (Å²) in [7, 11) is 0. The van der Waals surface area contributed by atoms with E-state index in [1.807, 2.05) is 124 Å². The van der Waals surface area contributed by atoms with E-state index in [0.29, 0.717) is 107 Å².